The van der Waals surface area contributed by atoms with Crippen LogP contribution < -0.4 is 10.6 Å². The predicted molar refractivity (Wildman–Crippen MR) is 114 cm³/mol. The topological polar surface area (TPSA) is 67.4 Å². The number of rotatable bonds is 8. The number of hydrogen-bond donors (Lipinski definition) is 2. The molecule has 0 saturated carbocycles. The Morgan fingerprint density at radius 2 is 1.29 bits per heavy atom. The molecule has 0 radical (unpaired) electrons. The lowest BCUT2D eigenvalue weighted by Crippen LogP contribution is -2.49. The van der Waals surface area contributed by atoms with Gasteiger partial charge in [-0.15, -0.1) is 0 Å². The Balaban J connectivity index is 1.92. The smallest absolute Gasteiger partial charge is 0.348 e. The zero-order chi connectivity index (χ0) is 22.3. The number of carbonyl (C=O) groups excluding carboxylic acids is 2. The summed E-state index contributed by atoms with van der Waals surface area (Å²) in [5.74, 6) is -6.33. The second-order valence-electron chi connectivity index (χ2n) is 6.82. The van der Waals surface area contributed by atoms with Crippen molar-refractivity contribution in [3.8, 4) is 0 Å². The summed E-state index contributed by atoms with van der Waals surface area (Å²) in [6.45, 7) is 0. The van der Waals surface area contributed by atoms with Crippen LogP contribution in [0.5, 0.6) is 0 Å². The molecule has 0 bridgehead atoms. The van der Waals surface area contributed by atoms with E-state index in [2.05, 4.69) is 10.6 Å². The van der Waals surface area contributed by atoms with Gasteiger partial charge in [0.25, 0.3) is 5.91 Å². The Bertz CT molecular complexity index is 999. The highest BCUT2D eigenvalue weighted by Crippen LogP contribution is 2.35. The number of ether oxygens (including phenoxy) is 1. The van der Waals surface area contributed by atoms with E-state index >= 15 is 8.78 Å². The molecule has 0 aromatic heterocycles. The lowest BCUT2D eigenvalue weighted by molar-refractivity contribution is -0.154. The van der Waals surface area contributed by atoms with Crippen molar-refractivity contribution in [2.24, 2.45) is 0 Å². The number of amides is 1. The van der Waals surface area contributed by atoms with Crippen molar-refractivity contribution in [2.75, 3.05) is 12.4 Å². The van der Waals surface area contributed by atoms with Crippen LogP contribution in [0.3, 0.4) is 0 Å². The van der Waals surface area contributed by atoms with Crippen molar-refractivity contribution < 1.29 is 23.1 Å². The molecule has 0 aliphatic heterocycles. The Morgan fingerprint density at radius 1 is 0.806 bits per heavy atom. The van der Waals surface area contributed by atoms with E-state index in [0.717, 1.165) is 7.11 Å². The van der Waals surface area contributed by atoms with Gasteiger partial charge in [0.15, 0.2) is 6.04 Å². The van der Waals surface area contributed by atoms with Gasteiger partial charge in [-0.25, -0.2) is 4.79 Å². The fourth-order valence-electron chi connectivity index (χ4n) is 3.13. The van der Waals surface area contributed by atoms with Crippen molar-refractivity contribution in [3.63, 3.8) is 0 Å². The summed E-state index contributed by atoms with van der Waals surface area (Å²) in [7, 11) is 1.13. The van der Waals surface area contributed by atoms with Crippen molar-refractivity contribution >= 4 is 17.6 Å². The van der Waals surface area contributed by atoms with E-state index in [1.165, 1.54) is 12.1 Å². The van der Waals surface area contributed by atoms with Gasteiger partial charge in [0.05, 0.1) is 7.11 Å². The molecular weight excluding hydrogens is 402 g/mol. The van der Waals surface area contributed by atoms with Crippen LogP contribution in [-0.2, 0) is 14.3 Å². The van der Waals surface area contributed by atoms with Crippen LogP contribution in [0.1, 0.15) is 23.2 Å². The summed E-state index contributed by atoms with van der Waals surface area (Å²) in [5, 5.41) is 4.90. The Hall–Kier alpha value is -3.74. The molecule has 0 fully saturated rings. The van der Waals surface area contributed by atoms with Gasteiger partial charge in [-0.1, -0.05) is 78.9 Å². The first-order valence-electron chi connectivity index (χ1n) is 9.61. The molecule has 0 heterocycles. The average molecular weight is 424 g/mol. The van der Waals surface area contributed by atoms with Gasteiger partial charge in [-0.2, -0.15) is 8.78 Å². The SMILES string of the molecule is COC(=O)[C@@H](NC(=O)C(F)(F)C(Nc1ccccc1)c1ccccc1)c1ccccc1. The van der Waals surface area contributed by atoms with E-state index < -0.39 is 29.9 Å². The second-order valence-corrected chi connectivity index (χ2v) is 6.82. The second kappa shape index (κ2) is 9.84. The fraction of sp³-hybridized carbons (Fsp3) is 0.167. The number of para-hydroxylation sites is 1. The standard InChI is InChI=1S/C24H22F2N2O3/c1-31-22(29)20(17-11-5-2-6-12-17)28-23(30)24(25,26)21(18-13-7-3-8-14-18)27-19-15-9-4-10-16-19/h2-16,20-21,27H,1H3,(H,28,30)/t20-,21?/m0/s1. The third kappa shape index (κ3) is 5.25. The number of carbonyl (C=O) groups is 2. The molecule has 3 aromatic rings. The minimum atomic E-state index is -3.89. The number of hydrogen-bond acceptors (Lipinski definition) is 4. The zero-order valence-electron chi connectivity index (χ0n) is 16.8. The van der Waals surface area contributed by atoms with Crippen molar-refractivity contribution in [1.82, 2.24) is 5.32 Å². The molecule has 0 spiro atoms. The summed E-state index contributed by atoms with van der Waals surface area (Å²) in [6, 6.07) is 21.4. The Morgan fingerprint density at radius 3 is 1.81 bits per heavy atom. The molecule has 31 heavy (non-hydrogen) atoms. The molecule has 2 N–H and O–H groups in total. The summed E-state index contributed by atoms with van der Waals surface area (Å²) in [5.41, 5.74) is 0.989. The number of methoxy groups -OCH3 is 1. The fourth-order valence-corrected chi connectivity index (χ4v) is 3.13. The van der Waals surface area contributed by atoms with E-state index in [0.29, 0.717) is 11.3 Å². The van der Waals surface area contributed by atoms with Gasteiger partial charge in [0.1, 0.15) is 6.04 Å². The minimum Gasteiger partial charge on any atom is -0.467 e. The zero-order valence-corrected chi connectivity index (χ0v) is 16.8. The third-order valence-electron chi connectivity index (χ3n) is 4.73. The first-order chi connectivity index (χ1) is 14.9. The largest absolute Gasteiger partial charge is 0.467 e. The summed E-state index contributed by atoms with van der Waals surface area (Å²) in [4.78, 5) is 25.0. The van der Waals surface area contributed by atoms with Crippen LogP contribution in [0.15, 0.2) is 91.0 Å². The van der Waals surface area contributed by atoms with Crippen molar-refractivity contribution in [2.45, 2.75) is 18.0 Å². The molecule has 0 aliphatic carbocycles. The molecule has 160 valence electrons. The lowest BCUT2D eigenvalue weighted by Gasteiger charge is -2.29. The van der Waals surface area contributed by atoms with Crippen LogP contribution >= 0.6 is 0 Å². The highest BCUT2D eigenvalue weighted by atomic mass is 19.3. The molecule has 1 amide bonds. The summed E-state index contributed by atoms with van der Waals surface area (Å²) < 4.78 is 35.6. The average Bonchev–Trinajstić information content (AvgIpc) is 2.82. The first kappa shape index (κ1) is 22.0. The van der Waals surface area contributed by atoms with Crippen LogP contribution in [0.2, 0.25) is 0 Å². The predicted octanol–water partition coefficient (Wildman–Crippen LogP) is 4.51. The van der Waals surface area contributed by atoms with Crippen LogP contribution in [0.4, 0.5) is 14.5 Å². The third-order valence-corrected chi connectivity index (χ3v) is 4.73. The molecule has 0 aliphatic rings. The van der Waals surface area contributed by atoms with Gasteiger partial charge in [0.2, 0.25) is 0 Å². The maximum atomic E-state index is 15.5. The molecule has 7 heteroatoms. The van der Waals surface area contributed by atoms with Gasteiger partial charge >= 0.3 is 11.9 Å². The maximum absolute atomic E-state index is 15.5. The number of anilines is 1. The van der Waals surface area contributed by atoms with Gasteiger partial charge < -0.3 is 15.4 Å². The maximum Gasteiger partial charge on any atom is 0.348 e. The quantitative estimate of drug-likeness (QED) is 0.523. The van der Waals surface area contributed by atoms with Gasteiger partial charge in [-0.05, 0) is 23.3 Å². The number of nitrogens with one attached hydrogen (secondary N) is 2. The first-order valence-corrected chi connectivity index (χ1v) is 9.61. The van der Waals surface area contributed by atoms with Crippen LogP contribution in [0.25, 0.3) is 0 Å². The molecule has 1 unspecified atom stereocenters. The molecular formula is C24H22F2N2O3. The number of benzene rings is 3. The van der Waals surface area contributed by atoms with Crippen molar-refractivity contribution in [1.29, 1.82) is 0 Å². The number of esters is 1. The lowest BCUT2D eigenvalue weighted by atomic mass is 9.98. The van der Waals surface area contributed by atoms with E-state index in [-0.39, 0.29) is 5.56 Å². The minimum absolute atomic E-state index is 0.223. The summed E-state index contributed by atoms with van der Waals surface area (Å²) >= 11 is 0. The van der Waals surface area contributed by atoms with Gasteiger partial charge in [0, 0.05) is 5.69 Å². The van der Waals surface area contributed by atoms with E-state index in [1.54, 1.807) is 78.9 Å². The molecule has 3 aromatic carbocycles. The summed E-state index contributed by atoms with van der Waals surface area (Å²) in [6.07, 6.45) is 0. The van der Waals surface area contributed by atoms with E-state index in [1.807, 2.05) is 0 Å². The van der Waals surface area contributed by atoms with E-state index in [4.69, 9.17) is 4.74 Å². The normalized spacial score (nSPS) is 13.0. The van der Waals surface area contributed by atoms with Crippen LogP contribution in [-0.4, -0.2) is 24.9 Å². The number of halogens is 2. The van der Waals surface area contributed by atoms with Crippen LogP contribution in [0, 0.1) is 0 Å². The Labute approximate surface area is 179 Å². The molecule has 3 rings (SSSR count). The molecule has 2 atom stereocenters. The molecule has 5 nitrogen and oxygen atoms in total. The highest BCUT2D eigenvalue weighted by Gasteiger charge is 2.49. The molecule has 0 saturated heterocycles. The highest BCUT2D eigenvalue weighted by molar-refractivity contribution is 5.90. The van der Waals surface area contributed by atoms with Crippen molar-refractivity contribution in [3.05, 3.63) is 102 Å². The van der Waals surface area contributed by atoms with Gasteiger partial charge in [-0.3, -0.25) is 4.79 Å². The Kier molecular flexibility index (Phi) is 6.97. The number of alkyl halides is 2. The monoisotopic (exact) mass is 424 g/mol. The van der Waals surface area contributed by atoms with E-state index in [9.17, 15) is 9.59 Å².